The third kappa shape index (κ3) is 3.61. The molecule has 0 aliphatic carbocycles. The summed E-state index contributed by atoms with van der Waals surface area (Å²) < 4.78 is 44.0. The van der Waals surface area contributed by atoms with Crippen molar-refractivity contribution in [1.82, 2.24) is 4.90 Å². The summed E-state index contributed by atoms with van der Waals surface area (Å²) in [6, 6.07) is 21.6. The van der Waals surface area contributed by atoms with E-state index >= 15 is 0 Å². The maximum absolute atomic E-state index is 13.4. The lowest BCUT2D eigenvalue weighted by atomic mass is 9.81. The lowest BCUT2D eigenvalue weighted by Crippen LogP contribution is -2.41. The first kappa shape index (κ1) is 20.5. The van der Waals surface area contributed by atoms with E-state index in [-0.39, 0.29) is 11.5 Å². The molecule has 3 aromatic carbocycles. The SMILES string of the molecule is CN1C(=O)C(c2ccccc2)(c2cc(-c3ccccc3)ccc2OC(F)(F)F)N=C1N. The molecule has 1 aliphatic rings. The van der Waals surface area contributed by atoms with Gasteiger partial charge in [0.05, 0.1) is 0 Å². The fourth-order valence-electron chi connectivity index (χ4n) is 3.68. The normalized spacial score (nSPS) is 18.8. The monoisotopic (exact) mass is 425 g/mol. The molecule has 8 heteroatoms. The van der Waals surface area contributed by atoms with Gasteiger partial charge in [0, 0.05) is 12.6 Å². The second kappa shape index (κ2) is 7.46. The van der Waals surface area contributed by atoms with Gasteiger partial charge in [-0.05, 0) is 28.8 Å². The molecule has 3 aromatic rings. The van der Waals surface area contributed by atoms with E-state index in [9.17, 15) is 18.0 Å². The number of aliphatic imine (C=N–C) groups is 1. The maximum Gasteiger partial charge on any atom is 0.573 e. The summed E-state index contributed by atoms with van der Waals surface area (Å²) in [4.78, 5) is 18.9. The van der Waals surface area contributed by atoms with Crippen molar-refractivity contribution in [2.24, 2.45) is 10.7 Å². The summed E-state index contributed by atoms with van der Waals surface area (Å²) in [6.07, 6.45) is -4.95. The number of amides is 1. The average molecular weight is 425 g/mol. The van der Waals surface area contributed by atoms with Crippen molar-refractivity contribution >= 4 is 11.9 Å². The minimum Gasteiger partial charge on any atom is -0.405 e. The maximum atomic E-state index is 13.4. The highest BCUT2D eigenvalue weighted by Gasteiger charge is 2.52. The van der Waals surface area contributed by atoms with Gasteiger partial charge >= 0.3 is 6.36 Å². The molecule has 0 radical (unpaired) electrons. The average Bonchev–Trinajstić information content (AvgIpc) is 2.99. The second-order valence-corrected chi connectivity index (χ2v) is 7.04. The van der Waals surface area contributed by atoms with Crippen molar-refractivity contribution in [1.29, 1.82) is 0 Å². The van der Waals surface area contributed by atoms with Gasteiger partial charge in [-0.25, -0.2) is 4.99 Å². The number of likely N-dealkylation sites (N-methyl/N-ethyl adjacent to an activating group) is 1. The molecule has 158 valence electrons. The van der Waals surface area contributed by atoms with Crippen molar-refractivity contribution in [2.75, 3.05) is 7.05 Å². The smallest absolute Gasteiger partial charge is 0.405 e. The van der Waals surface area contributed by atoms with E-state index in [1.165, 1.54) is 25.2 Å². The van der Waals surface area contributed by atoms with Crippen molar-refractivity contribution in [2.45, 2.75) is 11.9 Å². The highest BCUT2D eigenvalue weighted by molar-refractivity contribution is 6.09. The number of carbonyl (C=O) groups excluding carboxylic acids is 1. The molecule has 1 unspecified atom stereocenters. The van der Waals surface area contributed by atoms with Crippen LogP contribution in [0.4, 0.5) is 13.2 Å². The van der Waals surface area contributed by atoms with Gasteiger partial charge < -0.3 is 10.5 Å². The molecule has 1 heterocycles. The van der Waals surface area contributed by atoms with Gasteiger partial charge in [-0.2, -0.15) is 0 Å². The van der Waals surface area contributed by atoms with Gasteiger partial charge in [0.1, 0.15) is 5.75 Å². The van der Waals surface area contributed by atoms with Crippen LogP contribution in [0.3, 0.4) is 0 Å². The van der Waals surface area contributed by atoms with Gasteiger partial charge in [-0.1, -0.05) is 66.7 Å². The number of carbonyl (C=O) groups is 1. The van der Waals surface area contributed by atoms with Crippen molar-refractivity contribution < 1.29 is 22.7 Å². The van der Waals surface area contributed by atoms with Crippen molar-refractivity contribution in [3.63, 3.8) is 0 Å². The molecule has 5 nitrogen and oxygen atoms in total. The minimum atomic E-state index is -4.95. The summed E-state index contributed by atoms with van der Waals surface area (Å²) in [5.74, 6) is -1.19. The predicted octanol–water partition coefficient (Wildman–Crippen LogP) is 4.28. The Kier molecular flexibility index (Phi) is 4.93. The Hall–Kier alpha value is -3.81. The Morgan fingerprint density at radius 2 is 1.55 bits per heavy atom. The number of nitrogens with zero attached hydrogens (tertiary/aromatic N) is 2. The molecule has 0 saturated heterocycles. The number of hydrogen-bond acceptors (Lipinski definition) is 4. The van der Waals surface area contributed by atoms with E-state index < -0.39 is 23.6 Å². The number of ether oxygens (including phenoxy) is 1. The zero-order valence-electron chi connectivity index (χ0n) is 16.4. The Morgan fingerprint density at radius 1 is 0.935 bits per heavy atom. The van der Waals surface area contributed by atoms with Gasteiger partial charge in [0.25, 0.3) is 5.91 Å². The minimum absolute atomic E-state index is 0.0466. The first-order chi connectivity index (χ1) is 14.7. The molecule has 1 amide bonds. The van der Waals surface area contributed by atoms with E-state index in [4.69, 9.17) is 5.73 Å². The van der Waals surface area contributed by atoms with Crippen LogP contribution in [0.5, 0.6) is 5.75 Å². The highest BCUT2D eigenvalue weighted by Crippen LogP contribution is 2.45. The van der Waals surface area contributed by atoms with Crippen LogP contribution >= 0.6 is 0 Å². The van der Waals surface area contributed by atoms with Crippen LogP contribution in [0.1, 0.15) is 11.1 Å². The summed E-state index contributed by atoms with van der Waals surface area (Å²) >= 11 is 0. The Labute approximate surface area is 176 Å². The van der Waals surface area contributed by atoms with Gasteiger partial charge in [0.2, 0.25) is 0 Å². The summed E-state index contributed by atoms with van der Waals surface area (Å²) in [7, 11) is 1.43. The van der Waals surface area contributed by atoms with E-state index in [2.05, 4.69) is 9.73 Å². The topological polar surface area (TPSA) is 67.9 Å². The summed E-state index contributed by atoms with van der Waals surface area (Å²) in [6.45, 7) is 0. The molecule has 4 rings (SSSR count). The largest absolute Gasteiger partial charge is 0.573 e. The predicted molar refractivity (Wildman–Crippen MR) is 110 cm³/mol. The number of benzene rings is 3. The number of hydrogen-bond donors (Lipinski definition) is 1. The first-order valence-corrected chi connectivity index (χ1v) is 9.37. The van der Waals surface area contributed by atoms with Crippen molar-refractivity contribution in [3.05, 3.63) is 90.0 Å². The van der Waals surface area contributed by atoms with Crippen LogP contribution in [-0.4, -0.2) is 30.2 Å². The Morgan fingerprint density at radius 3 is 2.10 bits per heavy atom. The van der Waals surface area contributed by atoms with Crippen LogP contribution in [0.2, 0.25) is 0 Å². The first-order valence-electron chi connectivity index (χ1n) is 9.37. The number of nitrogens with two attached hydrogens (primary N) is 1. The van der Waals surface area contributed by atoms with E-state index in [0.717, 1.165) is 10.5 Å². The van der Waals surface area contributed by atoms with E-state index in [0.29, 0.717) is 11.1 Å². The van der Waals surface area contributed by atoms with Gasteiger partial charge in [0.15, 0.2) is 11.5 Å². The lowest BCUT2D eigenvalue weighted by molar-refractivity contribution is -0.275. The van der Waals surface area contributed by atoms with Crippen molar-refractivity contribution in [3.8, 4) is 16.9 Å². The summed E-state index contributed by atoms with van der Waals surface area (Å²) in [5.41, 5.74) is 5.83. The quantitative estimate of drug-likeness (QED) is 0.678. The molecule has 0 fully saturated rings. The zero-order chi connectivity index (χ0) is 22.2. The van der Waals surface area contributed by atoms with Crippen LogP contribution in [0.15, 0.2) is 83.9 Å². The van der Waals surface area contributed by atoms with Crippen LogP contribution in [0, 0.1) is 0 Å². The molecule has 0 spiro atoms. The van der Waals surface area contributed by atoms with Crippen LogP contribution in [-0.2, 0) is 10.3 Å². The molecule has 1 atom stereocenters. The number of alkyl halides is 3. The number of guanidine groups is 1. The van der Waals surface area contributed by atoms with Crippen LogP contribution < -0.4 is 10.5 Å². The van der Waals surface area contributed by atoms with Crippen LogP contribution in [0.25, 0.3) is 11.1 Å². The molecule has 31 heavy (non-hydrogen) atoms. The highest BCUT2D eigenvalue weighted by atomic mass is 19.4. The van der Waals surface area contributed by atoms with E-state index in [1.54, 1.807) is 30.3 Å². The fraction of sp³-hybridized carbons (Fsp3) is 0.130. The third-order valence-electron chi connectivity index (χ3n) is 5.13. The fourth-order valence-corrected chi connectivity index (χ4v) is 3.68. The number of halogens is 3. The van der Waals surface area contributed by atoms with Gasteiger partial charge in [-0.15, -0.1) is 13.2 Å². The molecule has 0 aromatic heterocycles. The molecule has 1 aliphatic heterocycles. The van der Waals surface area contributed by atoms with E-state index in [1.807, 2.05) is 30.3 Å². The molecule has 2 N–H and O–H groups in total. The molecule has 0 bridgehead atoms. The third-order valence-corrected chi connectivity index (χ3v) is 5.13. The zero-order valence-corrected chi connectivity index (χ0v) is 16.4. The Balaban J connectivity index is 2.03. The molecular formula is C23H18F3N3O2. The Bertz CT molecular complexity index is 1150. The second-order valence-electron chi connectivity index (χ2n) is 7.04. The summed E-state index contributed by atoms with van der Waals surface area (Å²) in [5, 5.41) is 0. The molecule has 0 saturated carbocycles. The molecular weight excluding hydrogens is 407 g/mol. The number of rotatable bonds is 4. The van der Waals surface area contributed by atoms with Gasteiger partial charge in [-0.3, -0.25) is 9.69 Å². The standard InChI is InChI=1S/C23H18F3N3O2/c1-29-20(30)22(28-21(29)27,17-10-6-3-7-11-17)18-14-16(15-8-4-2-5-9-15)12-13-19(18)31-23(24,25)26/h2-14H,1H3,(H2,27,28). The lowest BCUT2D eigenvalue weighted by Gasteiger charge is -2.28.